The Morgan fingerprint density at radius 1 is 0.577 bits per heavy atom. The van der Waals surface area contributed by atoms with Crippen molar-refractivity contribution in [1.29, 1.82) is 0 Å². The molecule has 0 atom stereocenters. The summed E-state index contributed by atoms with van der Waals surface area (Å²) in [6.07, 6.45) is 12.2. The molecule has 0 bridgehead atoms. The number of unbranched alkanes of at least 4 members (excludes halogenated alkanes) is 6. The highest BCUT2D eigenvalue weighted by atomic mass is 16.6. The third-order valence-electron chi connectivity index (χ3n) is 4.43. The minimum atomic E-state index is -0.185. The lowest BCUT2D eigenvalue weighted by molar-refractivity contribution is -0.152. The van der Waals surface area contributed by atoms with Crippen LogP contribution in [0.25, 0.3) is 0 Å². The average Bonchev–Trinajstić information content (AvgIpc) is 2.57. The summed E-state index contributed by atoms with van der Waals surface area (Å²) in [5.74, 6) is 1.14. The molecule has 0 aliphatic heterocycles. The number of esters is 2. The van der Waals surface area contributed by atoms with Crippen LogP contribution >= 0.6 is 0 Å². The highest BCUT2D eigenvalue weighted by molar-refractivity contribution is 5.70. The van der Waals surface area contributed by atoms with Gasteiger partial charge in [0.05, 0.1) is 0 Å². The Labute approximate surface area is 161 Å². The van der Waals surface area contributed by atoms with Crippen molar-refractivity contribution in [2.24, 2.45) is 11.8 Å². The second kappa shape index (κ2) is 17.4. The Bertz CT molecular complexity index is 316. The summed E-state index contributed by atoms with van der Waals surface area (Å²) >= 11 is 0. The summed E-state index contributed by atoms with van der Waals surface area (Å²) < 4.78 is 10.2. The zero-order valence-corrected chi connectivity index (χ0v) is 17.7. The van der Waals surface area contributed by atoms with Gasteiger partial charge < -0.3 is 9.47 Å². The van der Waals surface area contributed by atoms with E-state index in [0.29, 0.717) is 12.8 Å². The van der Waals surface area contributed by atoms with Crippen LogP contribution < -0.4 is 0 Å². The summed E-state index contributed by atoms with van der Waals surface area (Å²) in [7, 11) is 0. The Morgan fingerprint density at radius 2 is 0.923 bits per heavy atom. The van der Waals surface area contributed by atoms with Crippen molar-refractivity contribution in [1.82, 2.24) is 0 Å². The lowest BCUT2D eigenvalue weighted by Crippen LogP contribution is -2.13. The average molecular weight is 371 g/mol. The minimum Gasteiger partial charge on any atom is -0.462 e. The summed E-state index contributed by atoms with van der Waals surface area (Å²) in [5, 5.41) is 0. The van der Waals surface area contributed by atoms with Crippen molar-refractivity contribution < 1.29 is 19.1 Å². The highest BCUT2D eigenvalue weighted by Crippen LogP contribution is 2.11. The summed E-state index contributed by atoms with van der Waals surface area (Å²) in [6, 6.07) is 0. The molecule has 0 rings (SSSR count). The Balaban J connectivity index is 3.36. The largest absolute Gasteiger partial charge is 0.462 e. The van der Waals surface area contributed by atoms with Crippen molar-refractivity contribution >= 4 is 11.9 Å². The number of carbonyl (C=O) groups excluding carboxylic acids is 2. The Morgan fingerprint density at radius 3 is 1.27 bits per heavy atom. The lowest BCUT2D eigenvalue weighted by atomic mass is 10.0. The monoisotopic (exact) mass is 370 g/mol. The van der Waals surface area contributed by atoms with Crippen LogP contribution in [0.15, 0.2) is 0 Å². The predicted molar refractivity (Wildman–Crippen MR) is 107 cm³/mol. The van der Waals surface area contributed by atoms with E-state index in [-0.39, 0.29) is 25.2 Å². The fourth-order valence-electron chi connectivity index (χ4n) is 2.81. The topological polar surface area (TPSA) is 52.6 Å². The molecule has 0 saturated carbocycles. The molecule has 4 nitrogen and oxygen atoms in total. The van der Waals surface area contributed by atoms with Crippen LogP contribution in [0, 0.1) is 11.8 Å². The van der Waals surface area contributed by atoms with Gasteiger partial charge in [-0.1, -0.05) is 79.1 Å². The van der Waals surface area contributed by atoms with Crippen LogP contribution in [-0.2, 0) is 19.1 Å². The second-order valence-corrected chi connectivity index (χ2v) is 8.13. The van der Waals surface area contributed by atoms with Crippen molar-refractivity contribution in [2.75, 3.05) is 13.2 Å². The van der Waals surface area contributed by atoms with E-state index in [0.717, 1.165) is 37.5 Å². The van der Waals surface area contributed by atoms with Crippen molar-refractivity contribution in [3.8, 4) is 0 Å². The highest BCUT2D eigenvalue weighted by Gasteiger charge is 2.06. The van der Waals surface area contributed by atoms with Crippen LogP contribution in [0.1, 0.15) is 105 Å². The van der Waals surface area contributed by atoms with E-state index in [1.807, 2.05) is 0 Å². The number of ether oxygens (including phenoxy) is 2. The maximum absolute atomic E-state index is 11.6. The van der Waals surface area contributed by atoms with Gasteiger partial charge in [0.25, 0.3) is 0 Å². The second-order valence-electron chi connectivity index (χ2n) is 8.13. The minimum absolute atomic E-state index is 0.173. The van der Waals surface area contributed by atoms with Crippen LogP contribution in [0.3, 0.4) is 0 Å². The molecule has 0 aromatic rings. The van der Waals surface area contributed by atoms with Crippen LogP contribution in [0.4, 0.5) is 0 Å². The molecule has 0 N–H and O–H groups in total. The molecule has 0 fully saturated rings. The number of hydrogen-bond donors (Lipinski definition) is 0. The zero-order chi connectivity index (χ0) is 19.6. The van der Waals surface area contributed by atoms with E-state index in [9.17, 15) is 9.59 Å². The molecule has 0 aliphatic rings. The summed E-state index contributed by atoms with van der Waals surface area (Å²) in [4.78, 5) is 23.2. The van der Waals surface area contributed by atoms with E-state index in [2.05, 4.69) is 27.7 Å². The van der Waals surface area contributed by atoms with Gasteiger partial charge in [-0.15, -0.1) is 0 Å². The molecular weight excluding hydrogens is 328 g/mol. The smallest absolute Gasteiger partial charge is 0.305 e. The maximum atomic E-state index is 11.6. The van der Waals surface area contributed by atoms with E-state index in [1.54, 1.807) is 0 Å². The first-order chi connectivity index (χ1) is 12.4. The molecule has 0 aliphatic carbocycles. The molecular formula is C22H42O4. The molecule has 0 unspecified atom stereocenters. The molecule has 0 amide bonds. The van der Waals surface area contributed by atoms with Crippen molar-refractivity contribution in [3.63, 3.8) is 0 Å². The number of carbonyl (C=O) groups is 2. The third-order valence-corrected chi connectivity index (χ3v) is 4.43. The predicted octanol–water partition coefficient (Wildman–Crippen LogP) is 6.07. The van der Waals surface area contributed by atoms with Gasteiger partial charge in [-0.2, -0.15) is 0 Å². The summed E-state index contributed by atoms with van der Waals surface area (Å²) in [5.41, 5.74) is 0. The molecule has 0 heterocycles. The van der Waals surface area contributed by atoms with Crippen LogP contribution in [-0.4, -0.2) is 25.2 Å². The van der Waals surface area contributed by atoms with Gasteiger partial charge in [-0.05, 0) is 24.7 Å². The fraction of sp³-hybridized carbons (Fsp3) is 0.909. The number of hydrogen-bond acceptors (Lipinski definition) is 4. The SMILES string of the molecule is CC(C)CCCCCCC(=O)OCCOC(=O)CCCCCCC(C)C. The quantitative estimate of drug-likeness (QED) is 0.230. The first-order valence-corrected chi connectivity index (χ1v) is 10.7. The van der Waals surface area contributed by atoms with Gasteiger partial charge in [0.2, 0.25) is 0 Å². The summed E-state index contributed by atoms with van der Waals surface area (Å²) in [6.45, 7) is 9.28. The molecule has 154 valence electrons. The van der Waals surface area contributed by atoms with E-state index in [4.69, 9.17) is 9.47 Å². The zero-order valence-electron chi connectivity index (χ0n) is 17.7. The lowest BCUT2D eigenvalue weighted by Gasteiger charge is -2.07. The molecule has 0 aromatic heterocycles. The van der Waals surface area contributed by atoms with Gasteiger partial charge >= 0.3 is 11.9 Å². The molecule has 4 heteroatoms. The fourth-order valence-corrected chi connectivity index (χ4v) is 2.81. The Kier molecular flexibility index (Phi) is 16.7. The first kappa shape index (κ1) is 24.9. The third kappa shape index (κ3) is 19.3. The Hall–Kier alpha value is -1.06. The van der Waals surface area contributed by atoms with E-state index < -0.39 is 0 Å². The first-order valence-electron chi connectivity index (χ1n) is 10.7. The van der Waals surface area contributed by atoms with Crippen LogP contribution in [0.2, 0.25) is 0 Å². The molecule has 26 heavy (non-hydrogen) atoms. The standard InChI is InChI=1S/C22H42O4/c1-19(2)13-9-5-7-11-15-21(23)25-17-18-26-22(24)16-12-8-6-10-14-20(3)4/h19-20H,5-18H2,1-4H3. The van der Waals surface area contributed by atoms with Gasteiger partial charge in [0.1, 0.15) is 13.2 Å². The van der Waals surface area contributed by atoms with Gasteiger partial charge in [-0.25, -0.2) is 0 Å². The van der Waals surface area contributed by atoms with Gasteiger partial charge in [0.15, 0.2) is 0 Å². The van der Waals surface area contributed by atoms with Crippen molar-refractivity contribution in [3.05, 3.63) is 0 Å². The van der Waals surface area contributed by atoms with E-state index >= 15 is 0 Å². The maximum Gasteiger partial charge on any atom is 0.305 e. The van der Waals surface area contributed by atoms with Gasteiger partial charge in [-0.3, -0.25) is 9.59 Å². The molecule has 0 spiro atoms. The normalized spacial score (nSPS) is 11.2. The van der Waals surface area contributed by atoms with E-state index in [1.165, 1.54) is 38.5 Å². The number of rotatable bonds is 17. The molecule has 0 saturated heterocycles. The van der Waals surface area contributed by atoms with Gasteiger partial charge in [0, 0.05) is 12.8 Å². The van der Waals surface area contributed by atoms with Crippen molar-refractivity contribution in [2.45, 2.75) is 105 Å². The molecule has 0 radical (unpaired) electrons. The molecule has 0 aromatic carbocycles. The van der Waals surface area contributed by atoms with Crippen LogP contribution in [0.5, 0.6) is 0 Å².